The largest absolute Gasteiger partial charge is 0.416 e. The van der Waals surface area contributed by atoms with Gasteiger partial charge in [0, 0.05) is 0 Å². The third kappa shape index (κ3) is 5.56. The van der Waals surface area contributed by atoms with E-state index in [0.717, 1.165) is 52.9 Å². The highest BCUT2D eigenvalue weighted by Crippen LogP contribution is 2.33. The van der Waals surface area contributed by atoms with Gasteiger partial charge in [0.2, 0.25) is 5.91 Å². The Kier molecular flexibility index (Phi) is 7.13. The molecule has 1 aliphatic carbocycles. The van der Waals surface area contributed by atoms with Crippen molar-refractivity contribution in [2.75, 3.05) is 10.8 Å². The lowest BCUT2D eigenvalue weighted by Gasteiger charge is -2.26. The molecular formula is C27H27F3N2O3S. The SMILES string of the molecule is Cc1ccc(S(=O)(=O)N(CC(=O)N[C@@H](C)c2ccc3c(c2)CCC3)c2cccc(C(F)(F)F)c2)cc1. The van der Waals surface area contributed by atoms with Crippen LogP contribution >= 0.6 is 0 Å². The molecule has 0 saturated heterocycles. The van der Waals surface area contributed by atoms with Crippen molar-refractivity contribution in [3.8, 4) is 0 Å². The van der Waals surface area contributed by atoms with Crippen molar-refractivity contribution in [2.45, 2.75) is 50.2 Å². The van der Waals surface area contributed by atoms with Crippen molar-refractivity contribution in [3.05, 3.63) is 94.5 Å². The molecule has 0 saturated carbocycles. The molecule has 0 heterocycles. The number of rotatable bonds is 7. The normalized spacial score (nSPS) is 14.2. The fourth-order valence-electron chi connectivity index (χ4n) is 4.35. The molecule has 9 heteroatoms. The summed E-state index contributed by atoms with van der Waals surface area (Å²) in [5.41, 5.74) is 2.98. The van der Waals surface area contributed by atoms with Gasteiger partial charge in [0.1, 0.15) is 6.54 Å². The van der Waals surface area contributed by atoms with Crippen LogP contribution in [0.5, 0.6) is 0 Å². The quantitative estimate of drug-likeness (QED) is 0.446. The molecule has 36 heavy (non-hydrogen) atoms. The Hall–Kier alpha value is -3.33. The van der Waals surface area contributed by atoms with Gasteiger partial charge in [-0.3, -0.25) is 9.10 Å². The fourth-order valence-corrected chi connectivity index (χ4v) is 5.76. The van der Waals surface area contributed by atoms with Crippen molar-refractivity contribution in [1.29, 1.82) is 0 Å². The van der Waals surface area contributed by atoms with E-state index < -0.39 is 40.3 Å². The molecule has 0 radical (unpaired) electrons. The van der Waals surface area contributed by atoms with E-state index in [0.29, 0.717) is 0 Å². The molecular weight excluding hydrogens is 489 g/mol. The molecule has 3 aromatic carbocycles. The smallest absolute Gasteiger partial charge is 0.348 e. The van der Waals surface area contributed by atoms with E-state index >= 15 is 0 Å². The van der Waals surface area contributed by atoms with Crippen molar-refractivity contribution in [1.82, 2.24) is 5.32 Å². The van der Waals surface area contributed by atoms with Crippen LogP contribution in [0.2, 0.25) is 0 Å². The summed E-state index contributed by atoms with van der Waals surface area (Å²) in [7, 11) is -4.33. The van der Waals surface area contributed by atoms with Gasteiger partial charge in [-0.15, -0.1) is 0 Å². The number of fused-ring (bicyclic) bond motifs is 1. The first-order valence-corrected chi connectivity index (χ1v) is 13.1. The summed E-state index contributed by atoms with van der Waals surface area (Å²) in [5.74, 6) is -0.629. The summed E-state index contributed by atoms with van der Waals surface area (Å²) in [4.78, 5) is 12.9. The second-order valence-corrected chi connectivity index (χ2v) is 10.9. The number of carbonyl (C=O) groups excluding carboxylic acids is 1. The van der Waals surface area contributed by atoms with Gasteiger partial charge in [0.05, 0.1) is 22.2 Å². The second-order valence-electron chi connectivity index (χ2n) is 9.04. The first-order valence-electron chi connectivity index (χ1n) is 11.6. The van der Waals surface area contributed by atoms with E-state index in [2.05, 4.69) is 5.32 Å². The first kappa shape index (κ1) is 25.8. The lowest BCUT2D eigenvalue weighted by Crippen LogP contribution is -2.41. The molecule has 4 rings (SSSR count). The summed E-state index contributed by atoms with van der Waals surface area (Å²) < 4.78 is 67.8. The standard InChI is InChI=1S/C27H27F3N2O3S/c1-18-9-13-25(14-10-18)36(34,35)32(24-8-4-7-23(16-24)27(28,29)30)17-26(33)31-19(2)21-12-11-20-5-3-6-22(20)15-21/h4,7-16,19H,3,5-6,17H2,1-2H3,(H,31,33)/t19-/m0/s1. The van der Waals surface area contributed by atoms with Gasteiger partial charge in [-0.25, -0.2) is 8.42 Å². The van der Waals surface area contributed by atoms with Crippen LogP contribution in [0.4, 0.5) is 18.9 Å². The number of nitrogens with one attached hydrogen (secondary N) is 1. The van der Waals surface area contributed by atoms with E-state index in [9.17, 15) is 26.4 Å². The van der Waals surface area contributed by atoms with E-state index in [1.54, 1.807) is 26.0 Å². The average Bonchev–Trinajstić information content (AvgIpc) is 3.30. The summed E-state index contributed by atoms with van der Waals surface area (Å²) in [6.45, 7) is 2.90. The number of anilines is 1. The predicted molar refractivity (Wildman–Crippen MR) is 132 cm³/mol. The van der Waals surface area contributed by atoms with Gasteiger partial charge >= 0.3 is 6.18 Å². The van der Waals surface area contributed by atoms with E-state index in [1.165, 1.54) is 29.3 Å². The molecule has 0 unspecified atom stereocenters. The Bertz CT molecular complexity index is 1370. The fraction of sp³-hybridized carbons (Fsp3) is 0.296. The highest BCUT2D eigenvalue weighted by molar-refractivity contribution is 7.92. The van der Waals surface area contributed by atoms with Crippen molar-refractivity contribution in [3.63, 3.8) is 0 Å². The zero-order valence-corrected chi connectivity index (χ0v) is 20.8. The lowest BCUT2D eigenvalue weighted by atomic mass is 10.0. The predicted octanol–water partition coefficient (Wildman–Crippen LogP) is 5.58. The molecule has 3 aromatic rings. The van der Waals surface area contributed by atoms with E-state index in [-0.39, 0.29) is 10.6 Å². The van der Waals surface area contributed by atoms with Crippen molar-refractivity contribution in [2.24, 2.45) is 0 Å². The molecule has 0 fully saturated rings. The van der Waals surface area contributed by atoms with Crippen molar-refractivity contribution < 1.29 is 26.4 Å². The number of amides is 1. The molecule has 5 nitrogen and oxygen atoms in total. The Morgan fingerprint density at radius 2 is 1.69 bits per heavy atom. The molecule has 1 amide bonds. The van der Waals surface area contributed by atoms with Gasteiger partial charge in [-0.2, -0.15) is 13.2 Å². The number of aryl methyl sites for hydroxylation is 3. The lowest BCUT2D eigenvalue weighted by molar-refractivity contribution is -0.137. The van der Waals surface area contributed by atoms with Crippen LogP contribution in [-0.2, 0) is 33.8 Å². The molecule has 0 bridgehead atoms. The Morgan fingerprint density at radius 1 is 1.00 bits per heavy atom. The zero-order chi connectivity index (χ0) is 26.1. The van der Waals surface area contributed by atoms with Crippen LogP contribution in [0, 0.1) is 6.92 Å². The summed E-state index contributed by atoms with van der Waals surface area (Å²) >= 11 is 0. The summed E-state index contributed by atoms with van der Waals surface area (Å²) in [5, 5.41) is 2.80. The number of halogens is 3. The number of benzene rings is 3. The minimum atomic E-state index is -4.67. The minimum Gasteiger partial charge on any atom is -0.348 e. The third-order valence-corrected chi connectivity index (χ3v) is 8.15. The van der Waals surface area contributed by atoms with Gasteiger partial charge in [-0.1, -0.05) is 42.0 Å². The van der Waals surface area contributed by atoms with E-state index in [1.807, 2.05) is 18.2 Å². The number of sulfonamides is 1. The van der Waals surface area contributed by atoms with Gasteiger partial charge < -0.3 is 5.32 Å². The maximum atomic E-state index is 13.5. The Morgan fingerprint density at radius 3 is 2.39 bits per heavy atom. The monoisotopic (exact) mass is 516 g/mol. The first-order chi connectivity index (χ1) is 16.9. The molecule has 0 aromatic heterocycles. The topological polar surface area (TPSA) is 66.5 Å². The number of hydrogen-bond donors (Lipinski definition) is 1. The third-order valence-electron chi connectivity index (χ3n) is 6.36. The minimum absolute atomic E-state index is 0.120. The molecule has 1 N–H and O–H groups in total. The number of nitrogens with zero attached hydrogens (tertiary/aromatic N) is 1. The summed E-state index contributed by atoms with van der Waals surface area (Å²) in [6.07, 6.45) is -1.58. The molecule has 0 spiro atoms. The number of alkyl halides is 3. The molecule has 1 aliphatic rings. The maximum absolute atomic E-state index is 13.5. The second kappa shape index (κ2) is 9.97. The molecule has 1 atom stereocenters. The van der Waals surface area contributed by atoms with Crippen LogP contribution in [0.15, 0.2) is 71.6 Å². The average molecular weight is 517 g/mol. The Balaban J connectivity index is 1.63. The Labute approximate surface area is 209 Å². The molecule has 190 valence electrons. The van der Waals surface area contributed by atoms with Crippen LogP contribution in [0.1, 0.15) is 47.2 Å². The number of carbonyl (C=O) groups is 1. The number of hydrogen-bond acceptors (Lipinski definition) is 3. The van der Waals surface area contributed by atoms with Crippen LogP contribution in [-0.4, -0.2) is 20.9 Å². The van der Waals surface area contributed by atoms with E-state index in [4.69, 9.17) is 0 Å². The van der Waals surface area contributed by atoms with Crippen LogP contribution in [0.3, 0.4) is 0 Å². The van der Waals surface area contributed by atoms with Crippen LogP contribution in [0.25, 0.3) is 0 Å². The van der Waals surface area contributed by atoms with Crippen molar-refractivity contribution >= 4 is 21.6 Å². The van der Waals surface area contributed by atoms with Gasteiger partial charge in [0.15, 0.2) is 0 Å². The van der Waals surface area contributed by atoms with Gasteiger partial charge in [-0.05, 0) is 80.1 Å². The molecule has 0 aliphatic heterocycles. The zero-order valence-electron chi connectivity index (χ0n) is 20.0. The highest BCUT2D eigenvalue weighted by Gasteiger charge is 2.33. The highest BCUT2D eigenvalue weighted by atomic mass is 32.2. The van der Waals surface area contributed by atoms with Gasteiger partial charge in [0.25, 0.3) is 10.0 Å². The summed E-state index contributed by atoms with van der Waals surface area (Å²) in [6, 6.07) is 15.5. The van der Waals surface area contributed by atoms with Crippen LogP contribution < -0.4 is 9.62 Å². The maximum Gasteiger partial charge on any atom is 0.416 e.